The van der Waals surface area contributed by atoms with Gasteiger partial charge in [-0.3, -0.25) is 0 Å². The highest BCUT2D eigenvalue weighted by Gasteiger charge is 2.13. The Morgan fingerprint density at radius 3 is 2.69 bits per heavy atom. The van der Waals surface area contributed by atoms with Crippen LogP contribution < -0.4 is 0 Å². The first kappa shape index (κ1) is 13.4. The van der Waals surface area contributed by atoms with Crippen molar-refractivity contribution in [1.29, 1.82) is 0 Å². The number of hydrogen-bond acceptors (Lipinski definition) is 3. The normalized spacial score (nSPS) is 10.6. The fraction of sp³-hybridized carbons (Fsp3) is 0.417. The number of benzene rings is 1. The van der Waals surface area contributed by atoms with E-state index in [2.05, 4.69) is 27.5 Å². The summed E-state index contributed by atoms with van der Waals surface area (Å²) in [6.45, 7) is 3.05. The van der Waals surface area contributed by atoms with Gasteiger partial charge in [-0.05, 0) is 55.2 Å². The lowest BCUT2D eigenvalue weighted by Crippen LogP contribution is -2.14. The van der Waals surface area contributed by atoms with Crippen molar-refractivity contribution >= 4 is 28.6 Å². The zero-order valence-corrected chi connectivity index (χ0v) is 11.9. The second-order valence-corrected chi connectivity index (χ2v) is 4.82. The van der Waals surface area contributed by atoms with E-state index in [1.807, 2.05) is 33.2 Å². The van der Waals surface area contributed by atoms with E-state index in [1.54, 1.807) is 6.07 Å². The summed E-state index contributed by atoms with van der Waals surface area (Å²) < 4.78 is 5.99. The fourth-order valence-corrected chi connectivity index (χ4v) is 2.16. The molecule has 0 radical (unpaired) electrons. The highest BCUT2D eigenvalue weighted by molar-refractivity contribution is 14.1. The third-order valence-electron chi connectivity index (χ3n) is 2.06. The molecule has 0 amide bonds. The Bertz CT molecular complexity index is 377. The molecule has 0 spiro atoms. The SMILES string of the molecule is CCOC(=O)c1cccc(CN(C)C)c1I. The van der Waals surface area contributed by atoms with Crippen molar-refractivity contribution in [1.82, 2.24) is 4.90 Å². The Morgan fingerprint density at radius 1 is 1.44 bits per heavy atom. The molecule has 0 saturated heterocycles. The second kappa shape index (κ2) is 6.20. The monoisotopic (exact) mass is 333 g/mol. The number of carbonyl (C=O) groups excluding carboxylic acids is 1. The molecule has 0 aliphatic rings. The molecule has 0 bridgehead atoms. The zero-order valence-electron chi connectivity index (χ0n) is 9.79. The largest absolute Gasteiger partial charge is 0.462 e. The second-order valence-electron chi connectivity index (χ2n) is 3.74. The summed E-state index contributed by atoms with van der Waals surface area (Å²) in [6, 6.07) is 5.73. The van der Waals surface area contributed by atoms with Gasteiger partial charge >= 0.3 is 5.97 Å². The summed E-state index contributed by atoms with van der Waals surface area (Å²) in [5, 5.41) is 0. The van der Waals surface area contributed by atoms with Gasteiger partial charge in [0.2, 0.25) is 0 Å². The lowest BCUT2D eigenvalue weighted by atomic mass is 10.1. The smallest absolute Gasteiger partial charge is 0.339 e. The van der Waals surface area contributed by atoms with Gasteiger partial charge in [0.25, 0.3) is 0 Å². The van der Waals surface area contributed by atoms with Gasteiger partial charge in [-0.2, -0.15) is 0 Å². The Kier molecular flexibility index (Phi) is 5.21. The first-order valence-electron chi connectivity index (χ1n) is 5.15. The Labute approximate surface area is 110 Å². The maximum Gasteiger partial charge on any atom is 0.339 e. The molecule has 0 atom stereocenters. The number of rotatable bonds is 4. The quantitative estimate of drug-likeness (QED) is 0.626. The van der Waals surface area contributed by atoms with Gasteiger partial charge in [-0.1, -0.05) is 12.1 Å². The summed E-state index contributed by atoms with van der Waals surface area (Å²) in [6.07, 6.45) is 0. The minimum Gasteiger partial charge on any atom is -0.462 e. The zero-order chi connectivity index (χ0) is 12.1. The average Bonchev–Trinajstić information content (AvgIpc) is 2.21. The van der Waals surface area contributed by atoms with Crippen molar-refractivity contribution in [2.45, 2.75) is 13.5 Å². The van der Waals surface area contributed by atoms with Crippen LogP contribution in [0.3, 0.4) is 0 Å². The van der Waals surface area contributed by atoms with Gasteiger partial charge in [-0.25, -0.2) is 4.79 Å². The van der Waals surface area contributed by atoms with Crippen LogP contribution in [0, 0.1) is 3.57 Å². The van der Waals surface area contributed by atoms with Crippen LogP contribution in [0.2, 0.25) is 0 Å². The molecule has 0 aliphatic heterocycles. The van der Waals surface area contributed by atoms with Gasteiger partial charge < -0.3 is 9.64 Å². The molecule has 1 aromatic carbocycles. The summed E-state index contributed by atoms with van der Waals surface area (Å²) in [5.74, 6) is -0.243. The van der Waals surface area contributed by atoms with Crippen molar-refractivity contribution in [3.63, 3.8) is 0 Å². The van der Waals surface area contributed by atoms with Crippen molar-refractivity contribution in [3.05, 3.63) is 32.9 Å². The van der Waals surface area contributed by atoms with E-state index in [9.17, 15) is 4.79 Å². The summed E-state index contributed by atoms with van der Waals surface area (Å²) in [5.41, 5.74) is 1.80. The maximum atomic E-state index is 11.7. The molecule has 0 fully saturated rings. The number of hydrogen-bond donors (Lipinski definition) is 0. The van der Waals surface area contributed by atoms with Crippen molar-refractivity contribution in [3.8, 4) is 0 Å². The fourth-order valence-electron chi connectivity index (χ4n) is 1.41. The van der Waals surface area contributed by atoms with Crippen LogP contribution in [-0.4, -0.2) is 31.6 Å². The van der Waals surface area contributed by atoms with E-state index in [-0.39, 0.29) is 5.97 Å². The number of halogens is 1. The first-order valence-corrected chi connectivity index (χ1v) is 6.23. The van der Waals surface area contributed by atoms with E-state index in [4.69, 9.17) is 4.74 Å². The molecule has 0 saturated carbocycles. The molecule has 3 nitrogen and oxygen atoms in total. The highest BCUT2D eigenvalue weighted by Crippen LogP contribution is 2.19. The molecular weight excluding hydrogens is 317 g/mol. The molecule has 0 unspecified atom stereocenters. The lowest BCUT2D eigenvalue weighted by Gasteiger charge is -2.13. The molecule has 1 rings (SSSR count). The van der Waals surface area contributed by atoms with Crippen LogP contribution in [0.1, 0.15) is 22.8 Å². The molecule has 0 aromatic heterocycles. The Balaban J connectivity index is 2.99. The van der Waals surface area contributed by atoms with E-state index < -0.39 is 0 Å². The number of carbonyl (C=O) groups is 1. The lowest BCUT2D eigenvalue weighted by molar-refractivity contribution is 0.0525. The first-order chi connectivity index (χ1) is 7.56. The number of ether oxygens (including phenoxy) is 1. The standard InChI is InChI=1S/C12H16INO2/c1-4-16-12(15)10-7-5-6-9(11(10)13)8-14(2)3/h5-7H,4,8H2,1-3H3. The molecule has 0 heterocycles. The summed E-state index contributed by atoms with van der Waals surface area (Å²) in [4.78, 5) is 13.7. The molecule has 1 aromatic rings. The topological polar surface area (TPSA) is 29.5 Å². The molecule has 0 N–H and O–H groups in total. The maximum absolute atomic E-state index is 11.7. The van der Waals surface area contributed by atoms with Crippen LogP contribution in [0.15, 0.2) is 18.2 Å². The Hall–Kier alpha value is -0.620. The third-order valence-corrected chi connectivity index (χ3v) is 3.33. The molecular formula is C12H16INO2. The van der Waals surface area contributed by atoms with E-state index >= 15 is 0 Å². The summed E-state index contributed by atoms with van der Waals surface area (Å²) in [7, 11) is 4.01. The van der Waals surface area contributed by atoms with Gasteiger partial charge in [0.1, 0.15) is 0 Å². The molecule has 0 aliphatic carbocycles. The minimum atomic E-state index is -0.243. The predicted molar refractivity (Wildman–Crippen MR) is 72.5 cm³/mol. The van der Waals surface area contributed by atoms with Crippen LogP contribution in [0.25, 0.3) is 0 Å². The van der Waals surface area contributed by atoms with Crippen molar-refractivity contribution < 1.29 is 9.53 Å². The van der Waals surface area contributed by atoms with E-state index in [0.717, 1.165) is 15.7 Å². The van der Waals surface area contributed by atoms with Crippen molar-refractivity contribution in [2.24, 2.45) is 0 Å². The highest BCUT2D eigenvalue weighted by atomic mass is 127. The van der Waals surface area contributed by atoms with Gasteiger partial charge in [-0.15, -0.1) is 0 Å². The Morgan fingerprint density at radius 2 is 2.12 bits per heavy atom. The summed E-state index contributed by atoms with van der Waals surface area (Å²) >= 11 is 2.20. The number of esters is 1. The van der Waals surface area contributed by atoms with Crippen LogP contribution >= 0.6 is 22.6 Å². The van der Waals surface area contributed by atoms with Gasteiger partial charge in [0.05, 0.1) is 12.2 Å². The predicted octanol–water partition coefficient (Wildman–Crippen LogP) is 2.53. The average molecular weight is 333 g/mol. The number of nitrogens with zero attached hydrogens (tertiary/aromatic N) is 1. The van der Waals surface area contributed by atoms with Crippen LogP contribution in [-0.2, 0) is 11.3 Å². The van der Waals surface area contributed by atoms with Gasteiger partial charge in [0.15, 0.2) is 0 Å². The van der Waals surface area contributed by atoms with E-state index in [0.29, 0.717) is 12.2 Å². The van der Waals surface area contributed by atoms with E-state index in [1.165, 1.54) is 0 Å². The minimum absolute atomic E-state index is 0.243. The molecule has 88 valence electrons. The van der Waals surface area contributed by atoms with Gasteiger partial charge in [0, 0.05) is 10.1 Å². The molecule has 16 heavy (non-hydrogen) atoms. The van der Waals surface area contributed by atoms with Crippen LogP contribution in [0.4, 0.5) is 0 Å². The third kappa shape index (κ3) is 3.45. The molecule has 4 heteroatoms. The van der Waals surface area contributed by atoms with Crippen molar-refractivity contribution in [2.75, 3.05) is 20.7 Å². The van der Waals surface area contributed by atoms with Crippen LogP contribution in [0.5, 0.6) is 0 Å².